The molecule has 0 aromatic carbocycles. The van der Waals surface area contributed by atoms with Gasteiger partial charge in [0, 0.05) is 24.0 Å². The highest BCUT2D eigenvalue weighted by Gasteiger charge is 2.27. The second kappa shape index (κ2) is 9.40. The molecule has 3 aromatic heterocycles. The lowest BCUT2D eigenvalue weighted by atomic mass is 9.85. The van der Waals surface area contributed by atoms with Gasteiger partial charge in [-0.2, -0.15) is 10.2 Å². The molecule has 0 radical (unpaired) electrons. The van der Waals surface area contributed by atoms with Crippen molar-refractivity contribution in [1.29, 1.82) is 0 Å². The second-order valence-corrected chi connectivity index (χ2v) is 9.76. The largest absolute Gasteiger partial charge is 0.393 e. The fourth-order valence-corrected chi connectivity index (χ4v) is 5.19. The smallest absolute Gasteiger partial charge is 0.284 e. The van der Waals surface area contributed by atoms with E-state index < -0.39 is 18.0 Å². The monoisotopic (exact) mass is 472 g/mol. The Bertz CT molecular complexity index is 1160. The number of nitrogens with zero attached hydrogens (tertiary/aromatic N) is 5. The number of alkyl halides is 2. The average Bonchev–Trinajstić information content (AvgIpc) is 3.44. The number of carbonyl (C=O) groups is 1. The number of carbonyl (C=O) groups excluding carboxylic acids is 1. The molecule has 0 bridgehead atoms. The number of anilines is 1. The van der Waals surface area contributed by atoms with Crippen LogP contribution in [-0.4, -0.2) is 41.5 Å². The van der Waals surface area contributed by atoms with Gasteiger partial charge < -0.3 is 10.4 Å². The van der Waals surface area contributed by atoms with Gasteiger partial charge in [0.25, 0.3) is 12.3 Å². The number of aromatic nitrogens is 5. The molecule has 2 fully saturated rings. The van der Waals surface area contributed by atoms with Crippen LogP contribution in [0.4, 0.5) is 14.5 Å². The first-order valence-electron chi connectivity index (χ1n) is 12.1. The molecule has 3 heterocycles. The molecule has 5 rings (SSSR count). The molecule has 1 amide bonds. The zero-order valence-electron chi connectivity index (χ0n) is 19.2. The van der Waals surface area contributed by atoms with Crippen LogP contribution in [0.25, 0.3) is 5.65 Å². The zero-order valence-corrected chi connectivity index (χ0v) is 19.2. The van der Waals surface area contributed by atoms with Gasteiger partial charge in [0.1, 0.15) is 5.56 Å². The minimum atomic E-state index is -2.80. The van der Waals surface area contributed by atoms with Crippen molar-refractivity contribution in [1.82, 2.24) is 24.4 Å². The Morgan fingerprint density at radius 2 is 1.88 bits per heavy atom. The highest BCUT2D eigenvalue weighted by molar-refractivity contribution is 6.08. The van der Waals surface area contributed by atoms with E-state index in [4.69, 9.17) is 0 Å². The second-order valence-electron chi connectivity index (χ2n) is 9.76. The van der Waals surface area contributed by atoms with Gasteiger partial charge in [-0.25, -0.2) is 18.3 Å². The highest BCUT2D eigenvalue weighted by atomic mass is 19.3. The summed E-state index contributed by atoms with van der Waals surface area (Å²) in [6.45, 7) is 2.20. The first-order chi connectivity index (χ1) is 16.4. The summed E-state index contributed by atoms with van der Waals surface area (Å²) in [4.78, 5) is 17.8. The first kappa shape index (κ1) is 22.9. The van der Waals surface area contributed by atoms with Crippen molar-refractivity contribution in [3.8, 4) is 0 Å². The Morgan fingerprint density at radius 3 is 2.59 bits per heavy atom. The number of rotatable bonds is 5. The molecule has 2 saturated carbocycles. The highest BCUT2D eigenvalue weighted by Crippen LogP contribution is 2.35. The molecule has 0 atom stereocenters. The van der Waals surface area contributed by atoms with Crippen LogP contribution < -0.4 is 5.32 Å². The molecule has 0 aliphatic heterocycles. The van der Waals surface area contributed by atoms with Gasteiger partial charge in [-0.15, -0.1) is 0 Å². The summed E-state index contributed by atoms with van der Waals surface area (Å²) in [5, 5.41) is 20.7. The molecule has 8 nitrogen and oxygen atoms in total. The molecule has 10 heteroatoms. The molecule has 3 aromatic rings. The third kappa shape index (κ3) is 4.55. The van der Waals surface area contributed by atoms with Crippen molar-refractivity contribution in [2.75, 3.05) is 5.32 Å². The maximum atomic E-state index is 13.7. The van der Waals surface area contributed by atoms with Crippen molar-refractivity contribution < 1.29 is 18.7 Å². The van der Waals surface area contributed by atoms with Gasteiger partial charge in [-0.05, 0) is 63.4 Å². The van der Waals surface area contributed by atoms with Crippen molar-refractivity contribution in [2.24, 2.45) is 5.92 Å². The summed E-state index contributed by atoms with van der Waals surface area (Å²) in [5.41, 5.74) is 1.06. The van der Waals surface area contributed by atoms with Crippen molar-refractivity contribution >= 4 is 17.2 Å². The topological polar surface area (TPSA) is 97.3 Å². The number of aliphatic hydroxyl groups excluding tert-OH is 1. The van der Waals surface area contributed by atoms with E-state index in [-0.39, 0.29) is 29.3 Å². The molecule has 2 aliphatic rings. The summed E-state index contributed by atoms with van der Waals surface area (Å²) in [6, 6.07) is 1.95. The fourth-order valence-electron chi connectivity index (χ4n) is 5.19. The molecular formula is C24H30F2N6O2. The number of aliphatic hydroxyl groups is 1. The van der Waals surface area contributed by atoms with E-state index in [0.29, 0.717) is 11.6 Å². The summed E-state index contributed by atoms with van der Waals surface area (Å²) in [6.07, 6.45) is 8.58. The third-order valence-corrected chi connectivity index (χ3v) is 7.33. The lowest BCUT2D eigenvalue weighted by Gasteiger charge is -2.26. The normalized spacial score (nSPS) is 25.7. The zero-order chi connectivity index (χ0) is 23.8. The van der Waals surface area contributed by atoms with Gasteiger partial charge in [0.05, 0.1) is 24.0 Å². The molecule has 182 valence electrons. The van der Waals surface area contributed by atoms with Crippen molar-refractivity contribution in [2.45, 2.75) is 82.8 Å². The van der Waals surface area contributed by atoms with E-state index in [1.165, 1.54) is 16.9 Å². The first-order valence-corrected chi connectivity index (χ1v) is 12.1. The van der Waals surface area contributed by atoms with Crippen molar-refractivity contribution in [3.05, 3.63) is 41.6 Å². The predicted octanol–water partition coefficient (Wildman–Crippen LogP) is 4.89. The van der Waals surface area contributed by atoms with Crippen LogP contribution in [0.15, 0.2) is 24.7 Å². The van der Waals surface area contributed by atoms with Gasteiger partial charge in [-0.3, -0.25) is 9.48 Å². The summed E-state index contributed by atoms with van der Waals surface area (Å²) < 4.78 is 30.6. The van der Waals surface area contributed by atoms with Gasteiger partial charge in [0.2, 0.25) is 0 Å². The van der Waals surface area contributed by atoms with Crippen molar-refractivity contribution in [3.63, 3.8) is 0 Å². The maximum absolute atomic E-state index is 13.7. The van der Waals surface area contributed by atoms with E-state index in [1.807, 2.05) is 6.07 Å². The lowest BCUT2D eigenvalue weighted by molar-refractivity contribution is 0.102. The van der Waals surface area contributed by atoms with Crippen LogP contribution in [0.2, 0.25) is 0 Å². The molecule has 34 heavy (non-hydrogen) atoms. The molecule has 2 N–H and O–H groups in total. The SMILES string of the molecule is C[C@H]1CC[C@H](n2cc(NC(=O)c3cnn4ccc(C5CCC(O)CC5)nc34)c(C(F)F)n2)CC1. The summed E-state index contributed by atoms with van der Waals surface area (Å²) in [7, 11) is 0. The number of nitrogens with one attached hydrogen (secondary N) is 1. The molecule has 2 aliphatic carbocycles. The van der Waals surface area contributed by atoms with E-state index in [9.17, 15) is 18.7 Å². The van der Waals surface area contributed by atoms with Crippen LogP contribution in [0.5, 0.6) is 0 Å². The van der Waals surface area contributed by atoms with Gasteiger partial charge >= 0.3 is 0 Å². The third-order valence-electron chi connectivity index (χ3n) is 7.33. The standard InChI is InChI=1S/C24H30F2N6O2/c1-14-2-6-16(7-3-14)32-13-20(21(30-32)22(25)26)29-24(34)18-12-27-31-11-10-19(28-23(18)31)15-4-8-17(33)9-5-15/h10-17,22,33H,2-9H2,1H3,(H,29,34)/t14-,15?,16-,17?. The minimum absolute atomic E-state index is 0.0235. The van der Waals surface area contributed by atoms with Crippen LogP contribution >= 0.6 is 0 Å². The van der Waals surface area contributed by atoms with E-state index >= 15 is 0 Å². The molecular weight excluding hydrogens is 442 g/mol. The van der Waals surface area contributed by atoms with Crippen LogP contribution in [-0.2, 0) is 0 Å². The van der Waals surface area contributed by atoms with Gasteiger partial charge in [0.15, 0.2) is 11.3 Å². The van der Waals surface area contributed by atoms with Crippen LogP contribution in [0, 0.1) is 5.92 Å². The van der Waals surface area contributed by atoms with Crippen LogP contribution in [0.1, 0.15) is 98.4 Å². The number of hydrogen-bond acceptors (Lipinski definition) is 5. The van der Waals surface area contributed by atoms with E-state index in [2.05, 4.69) is 27.4 Å². The average molecular weight is 473 g/mol. The Kier molecular flexibility index (Phi) is 6.33. The predicted molar refractivity (Wildman–Crippen MR) is 122 cm³/mol. The molecule has 0 unspecified atom stereocenters. The Morgan fingerprint density at radius 1 is 1.15 bits per heavy atom. The number of halogens is 2. The molecule has 0 saturated heterocycles. The summed E-state index contributed by atoms with van der Waals surface area (Å²) in [5.74, 6) is 0.297. The Hall–Kier alpha value is -2.88. The fraction of sp³-hybridized carbons (Fsp3) is 0.583. The summed E-state index contributed by atoms with van der Waals surface area (Å²) >= 11 is 0. The van der Waals surface area contributed by atoms with Gasteiger partial charge in [-0.1, -0.05) is 6.92 Å². The Balaban J connectivity index is 1.38. The van der Waals surface area contributed by atoms with E-state index in [0.717, 1.165) is 57.1 Å². The lowest BCUT2D eigenvalue weighted by Crippen LogP contribution is -2.18. The number of fused-ring (bicyclic) bond motifs is 1. The minimum Gasteiger partial charge on any atom is -0.393 e. The van der Waals surface area contributed by atoms with Crippen LogP contribution in [0.3, 0.4) is 0 Å². The Labute approximate surface area is 196 Å². The maximum Gasteiger partial charge on any atom is 0.284 e. The number of hydrogen-bond donors (Lipinski definition) is 2. The quantitative estimate of drug-likeness (QED) is 0.551. The molecule has 0 spiro atoms. The van der Waals surface area contributed by atoms with E-state index in [1.54, 1.807) is 10.9 Å². The number of amides is 1.